The molecule has 2 bridgehead atoms. The summed E-state index contributed by atoms with van der Waals surface area (Å²) in [5, 5.41) is 20.5. The Balaban J connectivity index is 2.12. The van der Waals surface area contributed by atoms with Gasteiger partial charge in [-0.2, -0.15) is 8.42 Å². The average molecular weight is 269 g/mol. The Bertz CT molecular complexity index is 635. The monoisotopic (exact) mass is 269 g/mol. The Labute approximate surface area is 104 Å². The lowest BCUT2D eigenvalue weighted by atomic mass is 10.0. The standard InChI is InChI=1S/C11H11NO5S/c1-2-18(15,16)17-12-10(13)8-6-3-4-7(5-6)9(8)11(12)14/h2-4,6-7,13-14H,1,5H2. The van der Waals surface area contributed by atoms with Gasteiger partial charge >= 0.3 is 10.1 Å². The zero-order valence-corrected chi connectivity index (χ0v) is 10.1. The second-order valence-electron chi connectivity index (χ2n) is 4.34. The number of hydrogen-bond acceptors (Lipinski definition) is 5. The molecule has 2 aliphatic carbocycles. The van der Waals surface area contributed by atoms with E-state index in [4.69, 9.17) is 0 Å². The zero-order chi connectivity index (χ0) is 13.1. The maximum Gasteiger partial charge on any atom is 0.349 e. The molecule has 0 aromatic carbocycles. The Morgan fingerprint density at radius 1 is 1.28 bits per heavy atom. The van der Waals surface area contributed by atoms with E-state index in [1.54, 1.807) is 0 Å². The Morgan fingerprint density at radius 3 is 2.22 bits per heavy atom. The van der Waals surface area contributed by atoms with Crippen LogP contribution in [-0.2, 0) is 10.1 Å². The molecule has 2 aliphatic rings. The summed E-state index contributed by atoms with van der Waals surface area (Å²) in [6.07, 6.45) is 4.65. The van der Waals surface area contributed by atoms with Gasteiger partial charge in [-0.1, -0.05) is 23.5 Å². The highest BCUT2D eigenvalue weighted by molar-refractivity contribution is 7.89. The molecule has 2 unspecified atom stereocenters. The van der Waals surface area contributed by atoms with Crippen LogP contribution < -0.4 is 4.28 Å². The van der Waals surface area contributed by atoms with E-state index in [1.807, 2.05) is 12.2 Å². The van der Waals surface area contributed by atoms with Crippen molar-refractivity contribution in [3.8, 4) is 11.8 Å². The summed E-state index contributed by atoms with van der Waals surface area (Å²) in [6.45, 7) is 3.09. The lowest BCUT2D eigenvalue weighted by Crippen LogP contribution is -2.17. The molecule has 2 N–H and O–H groups in total. The van der Waals surface area contributed by atoms with Crippen LogP contribution in [0.2, 0.25) is 0 Å². The molecule has 6 nitrogen and oxygen atoms in total. The van der Waals surface area contributed by atoms with Crippen LogP contribution in [0.3, 0.4) is 0 Å². The number of fused-ring (bicyclic) bond motifs is 5. The van der Waals surface area contributed by atoms with Crippen molar-refractivity contribution in [2.24, 2.45) is 0 Å². The van der Waals surface area contributed by atoms with Crippen molar-refractivity contribution in [2.45, 2.75) is 18.3 Å². The van der Waals surface area contributed by atoms with E-state index < -0.39 is 10.1 Å². The quantitative estimate of drug-likeness (QED) is 0.797. The fourth-order valence-electron chi connectivity index (χ4n) is 2.62. The molecule has 0 saturated carbocycles. The lowest BCUT2D eigenvalue weighted by molar-refractivity contribution is 0.203. The molecule has 1 aromatic rings. The molecule has 1 aromatic heterocycles. The predicted molar refractivity (Wildman–Crippen MR) is 62.7 cm³/mol. The maximum absolute atomic E-state index is 11.3. The zero-order valence-electron chi connectivity index (χ0n) is 9.28. The molecular formula is C11H11NO5S. The molecule has 0 spiro atoms. The van der Waals surface area contributed by atoms with E-state index in [-0.39, 0.29) is 23.6 Å². The SMILES string of the molecule is C=CS(=O)(=O)On1c(O)c2c(c1O)C1C=CC2C1. The molecule has 7 heteroatoms. The van der Waals surface area contributed by atoms with Gasteiger partial charge < -0.3 is 10.2 Å². The van der Waals surface area contributed by atoms with Gasteiger partial charge in [-0.05, 0) is 6.42 Å². The minimum Gasteiger partial charge on any atom is -0.492 e. The van der Waals surface area contributed by atoms with Crippen LogP contribution >= 0.6 is 0 Å². The first-order chi connectivity index (χ1) is 8.44. The highest BCUT2D eigenvalue weighted by Gasteiger charge is 2.42. The van der Waals surface area contributed by atoms with Gasteiger partial charge in [0, 0.05) is 23.0 Å². The third-order valence-corrected chi connectivity index (χ3v) is 4.13. The van der Waals surface area contributed by atoms with E-state index in [2.05, 4.69) is 10.9 Å². The molecule has 0 radical (unpaired) electrons. The smallest absolute Gasteiger partial charge is 0.349 e. The Morgan fingerprint density at radius 2 is 1.78 bits per heavy atom. The second-order valence-corrected chi connectivity index (χ2v) is 5.80. The predicted octanol–water partition coefficient (Wildman–Crippen LogP) is 0.942. The van der Waals surface area contributed by atoms with Gasteiger partial charge in [-0.3, -0.25) is 4.28 Å². The van der Waals surface area contributed by atoms with Crippen LogP contribution in [0.5, 0.6) is 11.8 Å². The first-order valence-electron chi connectivity index (χ1n) is 5.36. The van der Waals surface area contributed by atoms with Crippen LogP contribution in [0.25, 0.3) is 0 Å². The van der Waals surface area contributed by atoms with E-state index in [1.165, 1.54) is 0 Å². The summed E-state index contributed by atoms with van der Waals surface area (Å²) in [7, 11) is -4.03. The Hall–Kier alpha value is -1.89. The number of allylic oxidation sites excluding steroid dienone is 2. The molecule has 3 rings (SSSR count). The Kier molecular flexibility index (Phi) is 2.07. The van der Waals surface area contributed by atoms with Crippen LogP contribution in [0.1, 0.15) is 29.4 Å². The van der Waals surface area contributed by atoms with Crippen molar-refractivity contribution in [3.05, 3.63) is 35.3 Å². The summed E-state index contributed by atoms with van der Waals surface area (Å²) < 4.78 is 27.7. The minimum atomic E-state index is -4.03. The van der Waals surface area contributed by atoms with E-state index in [0.717, 1.165) is 6.42 Å². The fourth-order valence-corrected chi connectivity index (χ4v) is 3.03. The number of rotatable bonds is 3. The molecule has 18 heavy (non-hydrogen) atoms. The van der Waals surface area contributed by atoms with Gasteiger partial charge in [0.05, 0.1) is 5.41 Å². The van der Waals surface area contributed by atoms with Gasteiger partial charge in [0.1, 0.15) is 0 Å². The van der Waals surface area contributed by atoms with E-state index in [9.17, 15) is 18.6 Å². The highest BCUT2D eigenvalue weighted by atomic mass is 32.2. The summed E-state index contributed by atoms with van der Waals surface area (Å²) >= 11 is 0. The van der Waals surface area contributed by atoms with Crippen molar-refractivity contribution in [1.29, 1.82) is 0 Å². The average Bonchev–Trinajstić information content (AvgIpc) is 2.99. The molecule has 0 fully saturated rings. The minimum absolute atomic E-state index is 0.00665. The van der Waals surface area contributed by atoms with Crippen molar-refractivity contribution in [2.75, 3.05) is 0 Å². The van der Waals surface area contributed by atoms with Crippen LogP contribution in [0, 0.1) is 0 Å². The number of aromatic hydroxyl groups is 2. The molecule has 0 saturated heterocycles. The topological polar surface area (TPSA) is 88.8 Å². The van der Waals surface area contributed by atoms with Crippen LogP contribution in [0.4, 0.5) is 0 Å². The second kappa shape index (κ2) is 3.32. The van der Waals surface area contributed by atoms with Crippen LogP contribution in [-0.4, -0.2) is 23.4 Å². The van der Waals surface area contributed by atoms with Gasteiger partial charge in [0.2, 0.25) is 11.8 Å². The summed E-state index contributed by atoms with van der Waals surface area (Å²) in [6, 6.07) is 0. The third-order valence-electron chi connectivity index (χ3n) is 3.36. The molecule has 96 valence electrons. The van der Waals surface area contributed by atoms with Crippen LogP contribution in [0.15, 0.2) is 24.1 Å². The molecular weight excluding hydrogens is 258 g/mol. The molecule has 0 amide bonds. The lowest BCUT2D eigenvalue weighted by Gasteiger charge is -2.08. The highest BCUT2D eigenvalue weighted by Crippen LogP contribution is 2.56. The molecule has 2 atom stereocenters. The van der Waals surface area contributed by atoms with Gasteiger partial charge in [-0.15, -0.1) is 0 Å². The van der Waals surface area contributed by atoms with E-state index in [0.29, 0.717) is 21.3 Å². The van der Waals surface area contributed by atoms with Crippen molar-refractivity contribution in [1.82, 2.24) is 4.73 Å². The molecule has 0 aliphatic heterocycles. The third kappa shape index (κ3) is 1.30. The number of aromatic nitrogens is 1. The summed E-state index contributed by atoms with van der Waals surface area (Å²) in [4.78, 5) is 0. The van der Waals surface area contributed by atoms with E-state index >= 15 is 0 Å². The first-order valence-corrected chi connectivity index (χ1v) is 6.84. The number of nitrogens with zero attached hydrogens (tertiary/aromatic N) is 1. The maximum atomic E-state index is 11.3. The van der Waals surface area contributed by atoms with Gasteiger partial charge in [0.25, 0.3) is 0 Å². The largest absolute Gasteiger partial charge is 0.492 e. The van der Waals surface area contributed by atoms with Gasteiger partial charge in [0.15, 0.2) is 0 Å². The van der Waals surface area contributed by atoms with Crippen molar-refractivity contribution < 1.29 is 22.9 Å². The summed E-state index contributed by atoms with van der Waals surface area (Å²) in [5.41, 5.74) is 1.08. The van der Waals surface area contributed by atoms with Crippen molar-refractivity contribution >= 4 is 10.1 Å². The normalized spacial score (nSPS) is 24.2. The number of hydrogen-bond donors (Lipinski definition) is 2. The summed E-state index contributed by atoms with van der Waals surface area (Å²) in [5.74, 6) is -0.728. The first kappa shape index (κ1) is 11.2. The molecule has 1 heterocycles. The fraction of sp³-hybridized carbons (Fsp3) is 0.273. The van der Waals surface area contributed by atoms with Gasteiger partial charge in [-0.25, -0.2) is 0 Å². The van der Waals surface area contributed by atoms with Crippen molar-refractivity contribution in [3.63, 3.8) is 0 Å².